The molecular formula is C25H32N2O2. The van der Waals surface area contributed by atoms with Gasteiger partial charge < -0.3 is 15.0 Å². The summed E-state index contributed by atoms with van der Waals surface area (Å²) in [5.74, 6) is 1.02. The van der Waals surface area contributed by atoms with E-state index in [1.807, 2.05) is 30.3 Å². The molecule has 29 heavy (non-hydrogen) atoms. The van der Waals surface area contributed by atoms with Gasteiger partial charge in [0.05, 0.1) is 7.11 Å². The number of anilines is 1. The number of ether oxygens (including phenoxy) is 1. The molecule has 4 heteroatoms. The second kappa shape index (κ2) is 8.10. The highest BCUT2D eigenvalue weighted by Crippen LogP contribution is 2.51. The van der Waals surface area contributed by atoms with Crippen molar-refractivity contribution < 1.29 is 9.53 Å². The zero-order valence-electron chi connectivity index (χ0n) is 17.9. The van der Waals surface area contributed by atoms with Gasteiger partial charge in [0.25, 0.3) is 5.91 Å². The monoisotopic (exact) mass is 392 g/mol. The molecule has 0 atom stereocenters. The summed E-state index contributed by atoms with van der Waals surface area (Å²) in [5, 5.41) is 3.07. The summed E-state index contributed by atoms with van der Waals surface area (Å²) in [6, 6.07) is 11.7. The van der Waals surface area contributed by atoms with Gasteiger partial charge in [-0.25, -0.2) is 0 Å². The third kappa shape index (κ3) is 3.85. The lowest BCUT2D eigenvalue weighted by molar-refractivity contribution is 0.0952. The molecule has 1 spiro atoms. The van der Waals surface area contributed by atoms with Crippen LogP contribution in [-0.2, 0) is 6.42 Å². The Balaban J connectivity index is 1.46. The average Bonchev–Trinajstić information content (AvgIpc) is 2.72. The number of hydrogen-bond acceptors (Lipinski definition) is 3. The number of nitrogens with one attached hydrogen (secondary N) is 1. The Bertz CT molecular complexity index is 887. The molecule has 154 valence electrons. The van der Waals surface area contributed by atoms with Crippen molar-refractivity contribution >= 4 is 11.6 Å². The van der Waals surface area contributed by atoms with Crippen LogP contribution in [0, 0.1) is 19.3 Å². The molecule has 2 aromatic carbocycles. The Morgan fingerprint density at radius 1 is 1.17 bits per heavy atom. The second-order valence-corrected chi connectivity index (χ2v) is 8.76. The highest BCUT2D eigenvalue weighted by Gasteiger charge is 2.43. The van der Waals surface area contributed by atoms with Gasteiger partial charge in [-0.05, 0) is 79.8 Å². The Hall–Kier alpha value is -2.49. The van der Waals surface area contributed by atoms with Crippen molar-refractivity contribution in [3.05, 3.63) is 58.7 Å². The molecule has 4 nitrogen and oxygen atoms in total. The van der Waals surface area contributed by atoms with Crippen LogP contribution in [0.2, 0.25) is 0 Å². The van der Waals surface area contributed by atoms with E-state index >= 15 is 0 Å². The molecule has 1 N–H and O–H groups in total. The molecule has 2 aliphatic rings. The van der Waals surface area contributed by atoms with Crippen LogP contribution >= 0.6 is 0 Å². The molecule has 1 heterocycles. The molecule has 0 aromatic heterocycles. The summed E-state index contributed by atoms with van der Waals surface area (Å²) in [7, 11) is 1.77. The summed E-state index contributed by atoms with van der Waals surface area (Å²) in [4.78, 5) is 14.9. The molecule has 1 aliphatic carbocycles. The van der Waals surface area contributed by atoms with E-state index in [0.29, 0.717) is 12.0 Å². The molecule has 1 saturated carbocycles. The van der Waals surface area contributed by atoms with E-state index < -0.39 is 0 Å². The first-order valence-electron chi connectivity index (χ1n) is 10.8. The van der Waals surface area contributed by atoms with Crippen molar-refractivity contribution in [1.29, 1.82) is 0 Å². The third-order valence-electron chi connectivity index (χ3n) is 6.87. The number of nitrogens with zero attached hydrogens (tertiary/aromatic N) is 1. The Labute approximate surface area is 174 Å². The van der Waals surface area contributed by atoms with Crippen molar-refractivity contribution in [3.63, 3.8) is 0 Å². The first-order chi connectivity index (χ1) is 14.0. The predicted octanol–water partition coefficient (Wildman–Crippen LogP) is 4.66. The molecule has 2 aromatic rings. The number of carbonyl (C=O) groups is 1. The second-order valence-electron chi connectivity index (χ2n) is 8.76. The lowest BCUT2D eigenvalue weighted by atomic mass is 9.63. The molecule has 0 radical (unpaired) electrons. The number of hydrogen-bond donors (Lipinski definition) is 1. The number of fused-ring (bicyclic) bond motifs is 1. The largest absolute Gasteiger partial charge is 0.496 e. The Morgan fingerprint density at radius 3 is 2.59 bits per heavy atom. The van der Waals surface area contributed by atoms with Crippen molar-refractivity contribution in [2.45, 2.75) is 46.0 Å². The molecule has 0 bridgehead atoms. The van der Waals surface area contributed by atoms with Crippen LogP contribution in [0.1, 0.15) is 52.7 Å². The summed E-state index contributed by atoms with van der Waals surface area (Å²) >= 11 is 0. The van der Waals surface area contributed by atoms with Gasteiger partial charge in [-0.2, -0.15) is 0 Å². The lowest BCUT2D eigenvalue weighted by Crippen LogP contribution is -2.48. The van der Waals surface area contributed by atoms with E-state index in [1.165, 1.54) is 48.1 Å². The van der Waals surface area contributed by atoms with Gasteiger partial charge >= 0.3 is 0 Å². The van der Waals surface area contributed by atoms with Gasteiger partial charge in [-0.15, -0.1) is 0 Å². The van der Waals surface area contributed by atoms with Crippen LogP contribution in [0.5, 0.6) is 5.75 Å². The number of methoxy groups -OCH3 is 1. The van der Waals surface area contributed by atoms with Gasteiger partial charge in [0, 0.05) is 30.9 Å². The van der Waals surface area contributed by atoms with E-state index in [2.05, 4.69) is 30.1 Å². The first-order valence-corrected chi connectivity index (χ1v) is 10.8. The topological polar surface area (TPSA) is 41.6 Å². The van der Waals surface area contributed by atoms with Crippen molar-refractivity contribution in [3.8, 4) is 5.75 Å². The van der Waals surface area contributed by atoms with Crippen LogP contribution in [0.25, 0.3) is 0 Å². The smallest absolute Gasteiger partial charge is 0.251 e. The molecule has 1 aliphatic heterocycles. The zero-order chi connectivity index (χ0) is 20.4. The normalized spacial score (nSPS) is 16.9. The fourth-order valence-electron chi connectivity index (χ4n) is 5.03. The lowest BCUT2D eigenvalue weighted by Gasteiger charge is -2.51. The van der Waals surface area contributed by atoms with Crippen molar-refractivity contribution in [2.75, 3.05) is 31.6 Å². The fraction of sp³-hybridized carbons (Fsp3) is 0.480. The number of amides is 1. The molecule has 0 saturated heterocycles. The van der Waals surface area contributed by atoms with Gasteiger partial charge in [0.15, 0.2) is 0 Å². The van der Waals surface area contributed by atoms with Crippen LogP contribution in [0.4, 0.5) is 5.69 Å². The van der Waals surface area contributed by atoms with Gasteiger partial charge in [0.1, 0.15) is 5.75 Å². The maximum atomic E-state index is 12.3. The minimum atomic E-state index is 0.0110. The van der Waals surface area contributed by atoms with Crippen molar-refractivity contribution in [2.24, 2.45) is 5.41 Å². The summed E-state index contributed by atoms with van der Waals surface area (Å²) < 4.78 is 5.65. The van der Waals surface area contributed by atoms with Crippen LogP contribution in [-0.4, -0.2) is 32.7 Å². The zero-order valence-corrected chi connectivity index (χ0v) is 17.9. The highest BCUT2D eigenvalue weighted by atomic mass is 16.5. The first kappa shape index (κ1) is 19.8. The van der Waals surface area contributed by atoms with E-state index in [-0.39, 0.29) is 5.91 Å². The van der Waals surface area contributed by atoms with Gasteiger partial charge in [0.2, 0.25) is 0 Å². The average molecular weight is 393 g/mol. The molecule has 1 amide bonds. The van der Waals surface area contributed by atoms with E-state index in [4.69, 9.17) is 4.74 Å². The maximum Gasteiger partial charge on any atom is 0.251 e. The summed E-state index contributed by atoms with van der Waals surface area (Å²) in [6.07, 6.45) is 6.10. The minimum absolute atomic E-state index is 0.0110. The van der Waals surface area contributed by atoms with Gasteiger partial charge in [-0.3, -0.25) is 4.79 Å². The third-order valence-corrected chi connectivity index (χ3v) is 6.87. The molecular weight excluding hydrogens is 360 g/mol. The van der Waals surface area contributed by atoms with E-state index in [9.17, 15) is 4.79 Å². The fourth-order valence-corrected chi connectivity index (χ4v) is 5.03. The van der Waals surface area contributed by atoms with Crippen LogP contribution < -0.4 is 15.0 Å². The Kier molecular flexibility index (Phi) is 5.53. The quantitative estimate of drug-likeness (QED) is 0.727. The SMILES string of the molecule is COc1cc2c(c(C)c1C)N(CCCNC(=O)c1ccccc1)CC1(CCC1)C2. The van der Waals surface area contributed by atoms with Crippen LogP contribution in [0.3, 0.4) is 0 Å². The van der Waals surface area contributed by atoms with E-state index in [0.717, 1.165) is 30.8 Å². The number of benzene rings is 2. The highest BCUT2D eigenvalue weighted by molar-refractivity contribution is 5.94. The van der Waals surface area contributed by atoms with Crippen LogP contribution in [0.15, 0.2) is 36.4 Å². The van der Waals surface area contributed by atoms with Crippen molar-refractivity contribution in [1.82, 2.24) is 5.32 Å². The maximum absolute atomic E-state index is 12.3. The number of carbonyl (C=O) groups excluding carboxylic acids is 1. The number of rotatable bonds is 6. The standard InChI is InChI=1S/C25H32N2O2/c1-18-19(2)23-21(15-22(18)29-3)16-25(11-7-12-25)17-27(23)14-8-13-26-24(28)20-9-5-4-6-10-20/h4-6,9-10,15H,7-8,11-14,16-17H2,1-3H3,(H,26,28). The molecule has 0 unspecified atom stereocenters. The molecule has 4 rings (SSSR count). The van der Waals surface area contributed by atoms with E-state index in [1.54, 1.807) is 7.11 Å². The summed E-state index contributed by atoms with van der Waals surface area (Å²) in [6.45, 7) is 7.18. The predicted molar refractivity (Wildman–Crippen MR) is 118 cm³/mol. The van der Waals surface area contributed by atoms with Gasteiger partial charge in [-0.1, -0.05) is 24.6 Å². The summed E-state index contributed by atoms with van der Waals surface area (Å²) in [5.41, 5.74) is 6.56. The Morgan fingerprint density at radius 2 is 1.93 bits per heavy atom. The minimum Gasteiger partial charge on any atom is -0.496 e. The molecule has 1 fully saturated rings.